The number of alkyl halides is 3. The van der Waals surface area contributed by atoms with Crippen LogP contribution in [-0.2, 0) is 11.3 Å². The maximum absolute atomic E-state index is 12.4. The SMILES string of the molecule is N=C1C(=O)N(CC(F)(F)F)CC/C1=C(\Cl)NCc1ccccc1. The summed E-state index contributed by atoms with van der Waals surface area (Å²) < 4.78 is 37.2. The molecule has 8 heteroatoms. The van der Waals surface area contributed by atoms with Gasteiger partial charge in [0.05, 0.1) is 0 Å². The molecule has 0 radical (unpaired) electrons. The van der Waals surface area contributed by atoms with Gasteiger partial charge in [-0.3, -0.25) is 10.2 Å². The number of hydrogen-bond acceptors (Lipinski definition) is 3. The molecule has 2 rings (SSSR count). The van der Waals surface area contributed by atoms with Crippen molar-refractivity contribution >= 4 is 23.2 Å². The molecule has 0 bridgehead atoms. The summed E-state index contributed by atoms with van der Waals surface area (Å²) in [6.45, 7) is -1.06. The highest BCUT2D eigenvalue weighted by molar-refractivity contribution is 6.47. The molecule has 124 valence electrons. The molecule has 1 saturated heterocycles. The monoisotopic (exact) mass is 345 g/mol. The van der Waals surface area contributed by atoms with Crippen LogP contribution >= 0.6 is 11.6 Å². The Kier molecular flexibility index (Phi) is 5.30. The van der Waals surface area contributed by atoms with Crippen LogP contribution in [0.25, 0.3) is 0 Å². The number of hydrogen-bond donors (Lipinski definition) is 2. The third-order valence-electron chi connectivity index (χ3n) is 3.36. The van der Waals surface area contributed by atoms with Gasteiger partial charge < -0.3 is 10.2 Å². The largest absolute Gasteiger partial charge is 0.406 e. The van der Waals surface area contributed by atoms with E-state index in [0.29, 0.717) is 11.4 Å². The van der Waals surface area contributed by atoms with Gasteiger partial charge in [0, 0.05) is 18.7 Å². The first-order valence-electron chi connectivity index (χ1n) is 6.89. The molecule has 23 heavy (non-hydrogen) atoms. The lowest BCUT2D eigenvalue weighted by Gasteiger charge is -2.29. The fourth-order valence-corrected chi connectivity index (χ4v) is 2.49. The molecule has 0 aromatic heterocycles. The molecule has 1 aromatic rings. The molecule has 1 aliphatic heterocycles. The summed E-state index contributed by atoms with van der Waals surface area (Å²) >= 11 is 6.09. The Labute approximate surface area is 136 Å². The Morgan fingerprint density at radius 2 is 1.96 bits per heavy atom. The van der Waals surface area contributed by atoms with Gasteiger partial charge in [0.25, 0.3) is 5.91 Å². The van der Waals surface area contributed by atoms with Gasteiger partial charge in [-0.15, -0.1) is 0 Å². The van der Waals surface area contributed by atoms with Crippen molar-refractivity contribution in [3.05, 3.63) is 46.6 Å². The van der Waals surface area contributed by atoms with Crippen LogP contribution in [0.15, 0.2) is 41.1 Å². The minimum Gasteiger partial charge on any atom is -0.371 e. The highest BCUT2D eigenvalue weighted by Crippen LogP contribution is 2.23. The number of amides is 1. The van der Waals surface area contributed by atoms with Crippen LogP contribution in [-0.4, -0.2) is 35.8 Å². The maximum atomic E-state index is 12.4. The van der Waals surface area contributed by atoms with Gasteiger partial charge in [-0.25, -0.2) is 0 Å². The fraction of sp³-hybridized carbons (Fsp3) is 0.333. The predicted molar refractivity (Wildman–Crippen MR) is 81.1 cm³/mol. The van der Waals surface area contributed by atoms with Crippen molar-refractivity contribution in [3.63, 3.8) is 0 Å². The molecule has 1 heterocycles. The number of nitrogens with zero attached hydrogens (tertiary/aromatic N) is 1. The molecule has 1 amide bonds. The summed E-state index contributed by atoms with van der Waals surface area (Å²) in [5.74, 6) is -0.955. The minimum atomic E-state index is -4.48. The number of nitrogens with one attached hydrogen (secondary N) is 2. The van der Waals surface area contributed by atoms with E-state index >= 15 is 0 Å². The van der Waals surface area contributed by atoms with Crippen LogP contribution in [0.1, 0.15) is 12.0 Å². The number of benzene rings is 1. The van der Waals surface area contributed by atoms with E-state index in [2.05, 4.69) is 5.32 Å². The second-order valence-corrected chi connectivity index (χ2v) is 5.48. The van der Waals surface area contributed by atoms with Gasteiger partial charge in [-0.05, 0) is 12.0 Å². The van der Waals surface area contributed by atoms with Crippen LogP contribution in [0.3, 0.4) is 0 Å². The van der Waals surface area contributed by atoms with Crippen molar-refractivity contribution in [2.45, 2.75) is 19.1 Å². The highest BCUT2D eigenvalue weighted by atomic mass is 35.5. The molecule has 2 N–H and O–H groups in total. The summed E-state index contributed by atoms with van der Waals surface area (Å²) in [5, 5.41) is 10.8. The van der Waals surface area contributed by atoms with Crippen molar-refractivity contribution in [1.29, 1.82) is 5.41 Å². The molecule has 0 unspecified atom stereocenters. The maximum Gasteiger partial charge on any atom is 0.406 e. The number of likely N-dealkylation sites (tertiary alicyclic amines) is 1. The standard InChI is InChI=1S/C15H15ClF3N3O/c16-13(21-8-10-4-2-1-3-5-10)11-6-7-22(9-15(17,18)19)14(23)12(11)20/h1-5,20-21H,6-9H2/b13-11-,20-12?. The summed E-state index contributed by atoms with van der Waals surface area (Å²) in [6.07, 6.45) is -4.37. The van der Waals surface area contributed by atoms with E-state index in [1.807, 2.05) is 30.3 Å². The molecule has 1 aliphatic rings. The first-order valence-corrected chi connectivity index (χ1v) is 7.27. The van der Waals surface area contributed by atoms with E-state index in [9.17, 15) is 18.0 Å². The second kappa shape index (κ2) is 7.04. The first kappa shape index (κ1) is 17.3. The molecule has 1 fully saturated rings. The van der Waals surface area contributed by atoms with E-state index < -0.39 is 24.3 Å². The Morgan fingerprint density at radius 1 is 1.30 bits per heavy atom. The normalized spacial score (nSPS) is 18.2. The number of rotatable bonds is 4. The molecule has 0 spiro atoms. The van der Waals surface area contributed by atoms with Gasteiger partial charge in [-0.2, -0.15) is 13.2 Å². The van der Waals surface area contributed by atoms with E-state index in [1.54, 1.807) is 0 Å². The van der Waals surface area contributed by atoms with Crippen molar-refractivity contribution in [3.8, 4) is 0 Å². The predicted octanol–water partition coefficient (Wildman–Crippen LogP) is 3.04. The molecular formula is C15H15ClF3N3O. The number of piperidine rings is 1. The number of carbonyl (C=O) groups is 1. The quantitative estimate of drug-likeness (QED) is 0.824. The third kappa shape index (κ3) is 4.72. The zero-order chi connectivity index (χ0) is 17.0. The van der Waals surface area contributed by atoms with E-state index in [1.165, 1.54) is 0 Å². The Bertz CT molecular complexity index is 629. The van der Waals surface area contributed by atoms with Gasteiger partial charge in [-0.1, -0.05) is 41.9 Å². The Hall–Kier alpha value is -2.02. The Morgan fingerprint density at radius 3 is 2.57 bits per heavy atom. The smallest absolute Gasteiger partial charge is 0.371 e. The molecular weight excluding hydrogens is 331 g/mol. The van der Waals surface area contributed by atoms with Gasteiger partial charge in [0.15, 0.2) is 0 Å². The van der Waals surface area contributed by atoms with E-state index in [4.69, 9.17) is 17.0 Å². The minimum absolute atomic E-state index is 0.112. The lowest BCUT2D eigenvalue weighted by atomic mass is 10.0. The number of carbonyl (C=O) groups excluding carboxylic acids is 1. The van der Waals surface area contributed by atoms with Crippen molar-refractivity contribution in [2.75, 3.05) is 13.1 Å². The highest BCUT2D eigenvalue weighted by Gasteiger charge is 2.37. The molecule has 1 aromatic carbocycles. The second-order valence-electron chi connectivity index (χ2n) is 5.10. The molecule has 0 saturated carbocycles. The van der Waals surface area contributed by atoms with Gasteiger partial charge in [0.2, 0.25) is 0 Å². The summed E-state index contributed by atoms with van der Waals surface area (Å²) in [6, 6.07) is 9.35. The summed E-state index contributed by atoms with van der Waals surface area (Å²) in [7, 11) is 0. The van der Waals surface area contributed by atoms with Crippen LogP contribution in [0.4, 0.5) is 13.2 Å². The number of halogens is 4. The topological polar surface area (TPSA) is 56.2 Å². The molecule has 4 nitrogen and oxygen atoms in total. The van der Waals surface area contributed by atoms with E-state index in [-0.39, 0.29) is 23.7 Å². The van der Waals surface area contributed by atoms with Crippen molar-refractivity contribution in [1.82, 2.24) is 10.2 Å². The summed E-state index contributed by atoms with van der Waals surface area (Å²) in [5.41, 5.74) is 0.704. The van der Waals surface area contributed by atoms with Crippen LogP contribution in [0.2, 0.25) is 0 Å². The van der Waals surface area contributed by atoms with Crippen molar-refractivity contribution in [2.24, 2.45) is 0 Å². The first-order chi connectivity index (χ1) is 10.8. The third-order valence-corrected chi connectivity index (χ3v) is 3.72. The average molecular weight is 346 g/mol. The summed E-state index contributed by atoms with van der Waals surface area (Å²) in [4.78, 5) is 12.5. The van der Waals surface area contributed by atoms with Crippen LogP contribution in [0, 0.1) is 5.41 Å². The Balaban J connectivity index is 2.03. The van der Waals surface area contributed by atoms with Crippen LogP contribution in [0.5, 0.6) is 0 Å². The lowest BCUT2D eigenvalue weighted by Crippen LogP contribution is -2.47. The van der Waals surface area contributed by atoms with E-state index in [0.717, 1.165) is 5.56 Å². The van der Waals surface area contributed by atoms with Crippen LogP contribution < -0.4 is 5.32 Å². The van der Waals surface area contributed by atoms with Crippen molar-refractivity contribution < 1.29 is 18.0 Å². The average Bonchev–Trinajstić information content (AvgIpc) is 2.49. The fourth-order valence-electron chi connectivity index (χ4n) is 2.23. The lowest BCUT2D eigenvalue weighted by molar-refractivity contribution is -0.157. The van der Waals surface area contributed by atoms with Gasteiger partial charge in [0.1, 0.15) is 17.4 Å². The van der Waals surface area contributed by atoms with Gasteiger partial charge >= 0.3 is 6.18 Å². The zero-order valence-corrected chi connectivity index (χ0v) is 12.8. The molecule has 0 aliphatic carbocycles. The molecule has 0 atom stereocenters. The zero-order valence-electron chi connectivity index (χ0n) is 12.1.